The van der Waals surface area contributed by atoms with Crippen molar-refractivity contribution in [2.24, 2.45) is 0 Å². The van der Waals surface area contributed by atoms with Gasteiger partial charge in [-0.1, -0.05) is 13.3 Å². The quantitative estimate of drug-likeness (QED) is 0.649. The normalized spacial score (nSPS) is 16.3. The van der Waals surface area contributed by atoms with Gasteiger partial charge in [-0.25, -0.2) is 0 Å². The van der Waals surface area contributed by atoms with Crippen molar-refractivity contribution < 1.29 is 9.53 Å². The Morgan fingerprint density at radius 1 is 1.24 bits per heavy atom. The Labute approximate surface area is 105 Å². The van der Waals surface area contributed by atoms with Gasteiger partial charge in [-0.05, 0) is 34.1 Å². The van der Waals surface area contributed by atoms with Gasteiger partial charge >= 0.3 is 0 Å². The summed E-state index contributed by atoms with van der Waals surface area (Å²) in [7, 11) is 0. The SMILES string of the molecule is CCCC(C)NC(=O)C(C)NCC(C)OCC. The molecular weight excluding hydrogens is 216 g/mol. The molecule has 3 unspecified atom stereocenters. The number of carbonyl (C=O) groups excluding carboxylic acids is 1. The maximum atomic E-state index is 11.8. The van der Waals surface area contributed by atoms with Crippen LogP contribution in [0.5, 0.6) is 0 Å². The number of ether oxygens (including phenoxy) is 1. The van der Waals surface area contributed by atoms with Crippen LogP contribution in [0.3, 0.4) is 0 Å². The molecule has 3 atom stereocenters. The van der Waals surface area contributed by atoms with Gasteiger partial charge in [0.25, 0.3) is 0 Å². The summed E-state index contributed by atoms with van der Waals surface area (Å²) in [5, 5.41) is 6.17. The molecule has 102 valence electrons. The third-order valence-electron chi connectivity index (χ3n) is 2.67. The Balaban J connectivity index is 3.81. The highest BCUT2D eigenvalue weighted by Crippen LogP contribution is 1.96. The van der Waals surface area contributed by atoms with Crippen LogP contribution in [0.15, 0.2) is 0 Å². The molecule has 17 heavy (non-hydrogen) atoms. The minimum absolute atomic E-state index is 0.0645. The predicted octanol–water partition coefficient (Wildman–Crippen LogP) is 1.69. The molecule has 2 N–H and O–H groups in total. The summed E-state index contributed by atoms with van der Waals surface area (Å²) >= 11 is 0. The molecule has 0 saturated heterocycles. The highest BCUT2D eigenvalue weighted by atomic mass is 16.5. The van der Waals surface area contributed by atoms with Crippen molar-refractivity contribution in [2.75, 3.05) is 13.2 Å². The van der Waals surface area contributed by atoms with Crippen LogP contribution >= 0.6 is 0 Å². The number of carbonyl (C=O) groups is 1. The fourth-order valence-corrected chi connectivity index (χ4v) is 1.65. The lowest BCUT2D eigenvalue weighted by Crippen LogP contribution is -2.47. The maximum absolute atomic E-state index is 11.8. The lowest BCUT2D eigenvalue weighted by molar-refractivity contribution is -0.123. The molecule has 0 bridgehead atoms. The Morgan fingerprint density at radius 3 is 2.41 bits per heavy atom. The molecule has 0 aliphatic rings. The van der Waals surface area contributed by atoms with E-state index < -0.39 is 0 Å². The standard InChI is InChI=1S/C13H28N2O2/c1-6-8-10(3)15-13(16)12(5)14-9-11(4)17-7-2/h10-12,14H,6-9H2,1-5H3,(H,15,16). The van der Waals surface area contributed by atoms with Crippen molar-refractivity contribution in [1.82, 2.24) is 10.6 Å². The van der Waals surface area contributed by atoms with E-state index in [0.717, 1.165) is 12.8 Å². The first-order chi connectivity index (χ1) is 8.01. The molecule has 0 rings (SSSR count). The molecular formula is C13H28N2O2. The molecule has 0 aromatic heterocycles. The van der Waals surface area contributed by atoms with Crippen LogP contribution in [-0.4, -0.2) is 37.2 Å². The highest BCUT2D eigenvalue weighted by molar-refractivity contribution is 5.81. The zero-order chi connectivity index (χ0) is 13.3. The molecule has 0 fully saturated rings. The summed E-state index contributed by atoms with van der Waals surface area (Å²) in [5.41, 5.74) is 0. The van der Waals surface area contributed by atoms with Crippen molar-refractivity contribution >= 4 is 5.91 Å². The lowest BCUT2D eigenvalue weighted by Gasteiger charge is -2.20. The fraction of sp³-hybridized carbons (Fsp3) is 0.923. The van der Waals surface area contributed by atoms with Crippen LogP contribution in [0.25, 0.3) is 0 Å². The zero-order valence-corrected chi connectivity index (χ0v) is 11.9. The third kappa shape index (κ3) is 8.16. The third-order valence-corrected chi connectivity index (χ3v) is 2.67. The molecule has 0 aromatic carbocycles. The molecule has 0 aromatic rings. The number of amides is 1. The molecule has 4 heteroatoms. The van der Waals surface area contributed by atoms with Crippen molar-refractivity contribution in [1.29, 1.82) is 0 Å². The van der Waals surface area contributed by atoms with Crippen molar-refractivity contribution in [3.8, 4) is 0 Å². The van der Waals surface area contributed by atoms with E-state index in [9.17, 15) is 4.79 Å². The van der Waals surface area contributed by atoms with Gasteiger partial charge in [-0.15, -0.1) is 0 Å². The Kier molecular flexibility index (Phi) is 9.09. The summed E-state index contributed by atoms with van der Waals surface area (Å²) in [6.45, 7) is 11.4. The molecule has 0 saturated carbocycles. The summed E-state index contributed by atoms with van der Waals surface area (Å²) < 4.78 is 5.40. The van der Waals surface area contributed by atoms with Gasteiger partial charge in [0.05, 0.1) is 12.1 Å². The van der Waals surface area contributed by atoms with E-state index in [1.165, 1.54) is 0 Å². The van der Waals surface area contributed by atoms with Gasteiger partial charge in [0.1, 0.15) is 0 Å². The van der Waals surface area contributed by atoms with Gasteiger partial charge < -0.3 is 15.4 Å². The van der Waals surface area contributed by atoms with Crippen molar-refractivity contribution in [3.63, 3.8) is 0 Å². The van der Waals surface area contributed by atoms with E-state index in [2.05, 4.69) is 17.6 Å². The number of rotatable bonds is 9. The van der Waals surface area contributed by atoms with E-state index in [-0.39, 0.29) is 24.1 Å². The molecule has 0 heterocycles. The first-order valence-electron chi connectivity index (χ1n) is 6.66. The molecule has 1 amide bonds. The summed E-state index contributed by atoms with van der Waals surface area (Å²) in [4.78, 5) is 11.8. The molecule has 0 aliphatic heterocycles. The van der Waals surface area contributed by atoms with Crippen LogP contribution in [0.2, 0.25) is 0 Å². The van der Waals surface area contributed by atoms with Crippen LogP contribution in [0, 0.1) is 0 Å². The fourth-order valence-electron chi connectivity index (χ4n) is 1.65. The second-order valence-electron chi connectivity index (χ2n) is 4.59. The molecule has 0 spiro atoms. The number of nitrogens with one attached hydrogen (secondary N) is 2. The second-order valence-corrected chi connectivity index (χ2v) is 4.59. The molecule has 0 aliphatic carbocycles. The van der Waals surface area contributed by atoms with Crippen LogP contribution in [0.1, 0.15) is 47.5 Å². The molecule has 4 nitrogen and oxygen atoms in total. The average molecular weight is 244 g/mol. The first-order valence-corrected chi connectivity index (χ1v) is 6.66. The van der Waals surface area contributed by atoms with Gasteiger partial charge in [0, 0.05) is 19.2 Å². The smallest absolute Gasteiger partial charge is 0.237 e. The van der Waals surface area contributed by atoms with E-state index >= 15 is 0 Å². The first kappa shape index (κ1) is 16.4. The maximum Gasteiger partial charge on any atom is 0.237 e. The highest BCUT2D eigenvalue weighted by Gasteiger charge is 2.15. The second kappa shape index (κ2) is 9.42. The zero-order valence-electron chi connectivity index (χ0n) is 11.9. The van der Waals surface area contributed by atoms with Gasteiger partial charge in [-0.3, -0.25) is 4.79 Å². The van der Waals surface area contributed by atoms with Gasteiger partial charge in [0.15, 0.2) is 0 Å². The summed E-state index contributed by atoms with van der Waals surface area (Å²) in [6, 6.07) is 0.0817. The Bertz CT molecular complexity index is 210. The van der Waals surface area contributed by atoms with Crippen molar-refractivity contribution in [3.05, 3.63) is 0 Å². The Hall–Kier alpha value is -0.610. The van der Waals surface area contributed by atoms with E-state index in [4.69, 9.17) is 4.74 Å². The monoisotopic (exact) mass is 244 g/mol. The molecule has 0 radical (unpaired) electrons. The van der Waals surface area contributed by atoms with Crippen LogP contribution in [-0.2, 0) is 9.53 Å². The lowest BCUT2D eigenvalue weighted by atomic mass is 10.2. The van der Waals surface area contributed by atoms with Gasteiger partial charge in [0.2, 0.25) is 5.91 Å². The van der Waals surface area contributed by atoms with E-state index in [0.29, 0.717) is 13.2 Å². The minimum atomic E-state index is -0.169. The predicted molar refractivity (Wildman–Crippen MR) is 71.1 cm³/mol. The average Bonchev–Trinajstić information content (AvgIpc) is 2.26. The van der Waals surface area contributed by atoms with Crippen LogP contribution in [0.4, 0.5) is 0 Å². The largest absolute Gasteiger partial charge is 0.377 e. The van der Waals surface area contributed by atoms with E-state index in [1.54, 1.807) is 0 Å². The number of hydrogen-bond acceptors (Lipinski definition) is 3. The summed E-state index contributed by atoms with van der Waals surface area (Å²) in [5.74, 6) is 0.0645. The minimum Gasteiger partial charge on any atom is -0.377 e. The van der Waals surface area contributed by atoms with Crippen LogP contribution < -0.4 is 10.6 Å². The number of hydrogen-bond donors (Lipinski definition) is 2. The summed E-state index contributed by atoms with van der Waals surface area (Å²) in [6.07, 6.45) is 2.25. The topological polar surface area (TPSA) is 50.4 Å². The Morgan fingerprint density at radius 2 is 1.88 bits per heavy atom. The van der Waals surface area contributed by atoms with Crippen molar-refractivity contribution in [2.45, 2.75) is 65.6 Å². The van der Waals surface area contributed by atoms with Gasteiger partial charge in [-0.2, -0.15) is 0 Å². The van der Waals surface area contributed by atoms with E-state index in [1.807, 2.05) is 27.7 Å².